The molecular weight excluding hydrogens is 298 g/mol. The highest BCUT2D eigenvalue weighted by Gasteiger charge is 2.31. The maximum absolute atomic E-state index is 13.1. The Kier molecular flexibility index (Phi) is 5.80. The van der Waals surface area contributed by atoms with Gasteiger partial charge in [0.05, 0.1) is 6.04 Å². The second-order valence-electron chi connectivity index (χ2n) is 7.78. The minimum Gasteiger partial charge on any atom is -0.508 e. The summed E-state index contributed by atoms with van der Waals surface area (Å²) in [5, 5.41) is 9.79. The summed E-state index contributed by atoms with van der Waals surface area (Å²) in [6, 6.07) is 7.58. The van der Waals surface area contributed by atoms with Gasteiger partial charge in [0.1, 0.15) is 5.75 Å². The SMILES string of the molecule is C[C@H](CC1CCCCC1)C(=O)N1CCCCC1c1cccc(O)c1. The smallest absolute Gasteiger partial charge is 0.225 e. The number of hydrogen-bond acceptors (Lipinski definition) is 2. The number of phenolic OH excluding ortho intramolecular Hbond substituents is 1. The summed E-state index contributed by atoms with van der Waals surface area (Å²) in [6.07, 6.45) is 10.9. The fourth-order valence-corrected chi connectivity index (χ4v) is 4.58. The largest absolute Gasteiger partial charge is 0.508 e. The molecule has 3 heteroatoms. The van der Waals surface area contributed by atoms with Gasteiger partial charge in [-0.2, -0.15) is 0 Å². The summed E-state index contributed by atoms with van der Waals surface area (Å²) in [4.78, 5) is 15.2. The molecule has 3 rings (SSSR count). The van der Waals surface area contributed by atoms with E-state index in [-0.39, 0.29) is 12.0 Å². The van der Waals surface area contributed by atoms with Crippen LogP contribution >= 0.6 is 0 Å². The fourth-order valence-electron chi connectivity index (χ4n) is 4.58. The van der Waals surface area contributed by atoms with Crippen LogP contribution in [0, 0.1) is 11.8 Å². The Morgan fingerprint density at radius 1 is 1.17 bits per heavy atom. The number of hydrogen-bond donors (Lipinski definition) is 1. The number of piperidine rings is 1. The number of carbonyl (C=O) groups excluding carboxylic acids is 1. The number of benzene rings is 1. The Morgan fingerprint density at radius 3 is 2.67 bits per heavy atom. The van der Waals surface area contributed by atoms with Crippen molar-refractivity contribution in [3.05, 3.63) is 29.8 Å². The van der Waals surface area contributed by atoms with Gasteiger partial charge in [0.25, 0.3) is 0 Å². The first-order chi connectivity index (χ1) is 11.6. The van der Waals surface area contributed by atoms with E-state index >= 15 is 0 Å². The molecule has 1 saturated carbocycles. The zero-order valence-electron chi connectivity index (χ0n) is 14.9. The normalized spacial score (nSPS) is 23.9. The Labute approximate surface area is 146 Å². The number of amides is 1. The number of nitrogens with zero attached hydrogens (tertiary/aromatic N) is 1. The zero-order valence-corrected chi connectivity index (χ0v) is 14.9. The zero-order chi connectivity index (χ0) is 16.9. The highest BCUT2D eigenvalue weighted by atomic mass is 16.3. The van der Waals surface area contributed by atoms with E-state index in [1.54, 1.807) is 6.07 Å². The summed E-state index contributed by atoms with van der Waals surface area (Å²) < 4.78 is 0. The molecule has 2 atom stereocenters. The third-order valence-corrected chi connectivity index (χ3v) is 5.87. The van der Waals surface area contributed by atoms with Crippen molar-refractivity contribution in [1.82, 2.24) is 4.90 Å². The van der Waals surface area contributed by atoms with Crippen LogP contribution in [0.25, 0.3) is 0 Å². The predicted molar refractivity (Wildman–Crippen MR) is 96.8 cm³/mol. The van der Waals surface area contributed by atoms with E-state index in [0.29, 0.717) is 11.7 Å². The first-order valence-electron chi connectivity index (χ1n) is 9.74. The molecule has 132 valence electrons. The van der Waals surface area contributed by atoms with Crippen molar-refractivity contribution >= 4 is 5.91 Å². The molecule has 1 amide bonds. The standard InChI is InChI=1S/C21H31NO2/c1-16(14-17-8-3-2-4-9-17)21(24)22-13-6-5-12-20(22)18-10-7-11-19(23)15-18/h7,10-11,15-17,20,23H,2-6,8-9,12-14H2,1H3/t16-,20?/m1/s1. The quantitative estimate of drug-likeness (QED) is 0.839. The summed E-state index contributed by atoms with van der Waals surface area (Å²) in [5.74, 6) is 1.46. The van der Waals surface area contributed by atoms with E-state index in [9.17, 15) is 9.90 Å². The maximum atomic E-state index is 13.1. The molecule has 0 radical (unpaired) electrons. The topological polar surface area (TPSA) is 40.5 Å². The van der Waals surface area contributed by atoms with Crippen molar-refractivity contribution in [3.8, 4) is 5.75 Å². The third kappa shape index (κ3) is 4.12. The van der Waals surface area contributed by atoms with E-state index in [4.69, 9.17) is 0 Å². The van der Waals surface area contributed by atoms with E-state index < -0.39 is 0 Å². The molecule has 1 saturated heterocycles. The summed E-state index contributed by atoms with van der Waals surface area (Å²) in [5.41, 5.74) is 1.08. The van der Waals surface area contributed by atoms with Gasteiger partial charge in [-0.15, -0.1) is 0 Å². The number of rotatable bonds is 4. The Hall–Kier alpha value is -1.51. The van der Waals surface area contributed by atoms with Gasteiger partial charge in [0.15, 0.2) is 0 Å². The molecule has 1 unspecified atom stereocenters. The molecule has 1 aliphatic carbocycles. The number of likely N-dealkylation sites (tertiary alicyclic amines) is 1. The van der Waals surface area contributed by atoms with Crippen molar-refractivity contribution in [2.45, 2.75) is 70.8 Å². The molecule has 1 aliphatic heterocycles. The first kappa shape index (κ1) is 17.3. The lowest BCUT2D eigenvalue weighted by Gasteiger charge is -2.38. The lowest BCUT2D eigenvalue weighted by atomic mass is 9.82. The highest BCUT2D eigenvalue weighted by molar-refractivity contribution is 5.79. The molecule has 2 fully saturated rings. The van der Waals surface area contributed by atoms with E-state index in [1.807, 2.05) is 18.2 Å². The third-order valence-electron chi connectivity index (χ3n) is 5.87. The lowest BCUT2D eigenvalue weighted by Crippen LogP contribution is -2.41. The van der Waals surface area contributed by atoms with Crippen LogP contribution in [0.3, 0.4) is 0 Å². The van der Waals surface area contributed by atoms with Gasteiger partial charge in [-0.25, -0.2) is 0 Å². The monoisotopic (exact) mass is 329 g/mol. The van der Waals surface area contributed by atoms with E-state index in [1.165, 1.54) is 32.1 Å². The van der Waals surface area contributed by atoms with Crippen LogP contribution in [0.1, 0.15) is 76.3 Å². The molecule has 1 aromatic carbocycles. The summed E-state index contributed by atoms with van der Waals surface area (Å²) >= 11 is 0. The molecule has 1 aromatic rings. The predicted octanol–water partition coefficient (Wildman–Crippen LogP) is 5.05. The van der Waals surface area contributed by atoms with Gasteiger partial charge >= 0.3 is 0 Å². The van der Waals surface area contributed by atoms with Crippen LogP contribution in [0.4, 0.5) is 0 Å². The van der Waals surface area contributed by atoms with Crippen LogP contribution in [0.15, 0.2) is 24.3 Å². The molecule has 0 aromatic heterocycles. The van der Waals surface area contributed by atoms with E-state index in [0.717, 1.165) is 43.7 Å². The van der Waals surface area contributed by atoms with Crippen molar-refractivity contribution in [2.75, 3.05) is 6.54 Å². The van der Waals surface area contributed by atoms with Gasteiger partial charge in [0, 0.05) is 12.5 Å². The molecule has 3 nitrogen and oxygen atoms in total. The van der Waals surface area contributed by atoms with Crippen LogP contribution in [-0.2, 0) is 4.79 Å². The number of aromatic hydroxyl groups is 1. The van der Waals surface area contributed by atoms with Gasteiger partial charge in [-0.3, -0.25) is 4.79 Å². The van der Waals surface area contributed by atoms with E-state index in [2.05, 4.69) is 11.8 Å². The van der Waals surface area contributed by atoms with Gasteiger partial charge < -0.3 is 10.0 Å². The van der Waals surface area contributed by atoms with Gasteiger partial charge in [-0.05, 0) is 49.3 Å². The minimum absolute atomic E-state index is 0.117. The first-order valence-corrected chi connectivity index (χ1v) is 9.74. The molecule has 24 heavy (non-hydrogen) atoms. The Bertz CT molecular complexity index is 551. The van der Waals surface area contributed by atoms with Crippen molar-refractivity contribution < 1.29 is 9.90 Å². The fraction of sp³-hybridized carbons (Fsp3) is 0.667. The lowest BCUT2D eigenvalue weighted by molar-refractivity contribution is -0.139. The average molecular weight is 329 g/mol. The Morgan fingerprint density at radius 2 is 1.92 bits per heavy atom. The van der Waals surface area contributed by atoms with Crippen LogP contribution in [-0.4, -0.2) is 22.5 Å². The second-order valence-corrected chi connectivity index (χ2v) is 7.78. The Balaban J connectivity index is 1.68. The molecule has 0 bridgehead atoms. The minimum atomic E-state index is 0.117. The second kappa shape index (κ2) is 8.04. The molecule has 2 aliphatic rings. The molecule has 1 heterocycles. The van der Waals surface area contributed by atoms with Gasteiger partial charge in [0.2, 0.25) is 5.91 Å². The van der Waals surface area contributed by atoms with Crippen molar-refractivity contribution in [1.29, 1.82) is 0 Å². The van der Waals surface area contributed by atoms with Gasteiger partial charge in [-0.1, -0.05) is 51.2 Å². The van der Waals surface area contributed by atoms with Crippen LogP contribution in [0.5, 0.6) is 5.75 Å². The number of carbonyl (C=O) groups is 1. The molecular formula is C21H31NO2. The van der Waals surface area contributed by atoms with Crippen molar-refractivity contribution in [2.24, 2.45) is 11.8 Å². The molecule has 0 spiro atoms. The highest BCUT2D eigenvalue weighted by Crippen LogP contribution is 2.35. The van der Waals surface area contributed by atoms with Crippen LogP contribution in [0.2, 0.25) is 0 Å². The number of phenols is 1. The van der Waals surface area contributed by atoms with Crippen molar-refractivity contribution in [3.63, 3.8) is 0 Å². The summed E-state index contributed by atoms with van der Waals surface area (Å²) in [7, 11) is 0. The average Bonchev–Trinajstić information content (AvgIpc) is 2.62. The summed E-state index contributed by atoms with van der Waals surface area (Å²) in [6.45, 7) is 2.97. The van der Waals surface area contributed by atoms with Crippen LogP contribution < -0.4 is 0 Å². The maximum Gasteiger partial charge on any atom is 0.225 e. The molecule has 1 N–H and O–H groups in total.